The second kappa shape index (κ2) is 7.21. The van der Waals surface area contributed by atoms with Crippen LogP contribution in [-0.2, 0) is 0 Å². The van der Waals surface area contributed by atoms with E-state index in [2.05, 4.69) is 10.6 Å². The van der Waals surface area contributed by atoms with E-state index < -0.39 is 5.54 Å². The summed E-state index contributed by atoms with van der Waals surface area (Å²) >= 11 is 5.12. The molecule has 0 fully saturated rings. The molecule has 104 valence electrons. The monoisotopic (exact) mass is 280 g/mol. The number of carbonyl (C=O) groups is 1. The average Bonchev–Trinajstić information content (AvgIpc) is 2.46. The molecule has 0 aromatic heterocycles. The molecule has 1 rings (SSSR count). The van der Waals surface area contributed by atoms with Crippen LogP contribution in [0.2, 0.25) is 0 Å². The number of hydrogen-bond donors (Lipinski definition) is 3. The highest BCUT2D eigenvalue weighted by molar-refractivity contribution is 7.80. The third-order valence-corrected chi connectivity index (χ3v) is 3.50. The molecule has 1 aromatic carbocycles. The number of hydrogen-bond acceptors (Lipinski definition) is 3. The quantitative estimate of drug-likeness (QED) is 0.720. The van der Waals surface area contributed by atoms with Gasteiger partial charge in [0.1, 0.15) is 0 Å². The summed E-state index contributed by atoms with van der Waals surface area (Å²) in [6, 6.07) is 8.87. The lowest BCUT2D eigenvalue weighted by Gasteiger charge is -2.31. The normalized spacial score (nSPS) is 10.9. The van der Waals surface area contributed by atoms with Gasteiger partial charge in [-0.2, -0.15) is 0 Å². The van der Waals surface area contributed by atoms with Crippen molar-refractivity contribution in [3.63, 3.8) is 0 Å². The van der Waals surface area contributed by atoms with Crippen LogP contribution in [0.15, 0.2) is 30.3 Å². The maximum absolute atomic E-state index is 11.9. The number of aliphatic hydroxyl groups excluding tert-OH is 1. The van der Waals surface area contributed by atoms with Gasteiger partial charge in [0, 0.05) is 5.56 Å². The smallest absolute Gasteiger partial charge is 0.257 e. The molecule has 0 heterocycles. The number of nitrogens with one attached hydrogen (secondary N) is 2. The van der Waals surface area contributed by atoms with Crippen molar-refractivity contribution in [3.05, 3.63) is 35.9 Å². The number of amides is 1. The molecular formula is C14H20N2O2S. The number of thiocarbonyl (C=S) groups is 1. The first-order chi connectivity index (χ1) is 9.06. The van der Waals surface area contributed by atoms with Crippen LogP contribution in [0.3, 0.4) is 0 Å². The van der Waals surface area contributed by atoms with Crippen LogP contribution in [-0.4, -0.2) is 28.3 Å². The molecule has 0 aliphatic heterocycles. The van der Waals surface area contributed by atoms with E-state index in [1.165, 1.54) is 0 Å². The predicted octanol–water partition coefficient (Wildman–Crippen LogP) is 1.84. The first-order valence-electron chi connectivity index (χ1n) is 6.36. The fraction of sp³-hybridized carbons (Fsp3) is 0.429. The standard InChI is InChI=1S/C14H20N2O2S/c1-3-14(4-2,10-17)16-13(19)15-12(18)11-8-6-5-7-9-11/h5-9,17H,3-4,10H2,1-2H3,(H2,15,16,18,19). The Morgan fingerprint density at radius 1 is 1.26 bits per heavy atom. The lowest BCUT2D eigenvalue weighted by atomic mass is 9.94. The van der Waals surface area contributed by atoms with Crippen molar-refractivity contribution in [2.24, 2.45) is 0 Å². The van der Waals surface area contributed by atoms with Crippen molar-refractivity contribution in [3.8, 4) is 0 Å². The van der Waals surface area contributed by atoms with E-state index in [-0.39, 0.29) is 17.6 Å². The highest BCUT2D eigenvalue weighted by Crippen LogP contribution is 2.13. The van der Waals surface area contributed by atoms with Gasteiger partial charge in [0.05, 0.1) is 12.1 Å². The van der Waals surface area contributed by atoms with Crippen molar-refractivity contribution in [1.29, 1.82) is 0 Å². The number of aliphatic hydroxyl groups is 1. The molecule has 0 spiro atoms. The fourth-order valence-electron chi connectivity index (χ4n) is 1.73. The van der Waals surface area contributed by atoms with Gasteiger partial charge in [-0.1, -0.05) is 32.0 Å². The van der Waals surface area contributed by atoms with Crippen LogP contribution in [0.25, 0.3) is 0 Å². The molecule has 3 N–H and O–H groups in total. The second-order valence-electron chi connectivity index (χ2n) is 4.42. The summed E-state index contributed by atoms with van der Waals surface area (Å²) in [7, 11) is 0. The number of carbonyl (C=O) groups excluding carboxylic acids is 1. The van der Waals surface area contributed by atoms with E-state index in [0.717, 1.165) is 12.8 Å². The van der Waals surface area contributed by atoms with Crippen LogP contribution in [0.1, 0.15) is 37.0 Å². The van der Waals surface area contributed by atoms with Gasteiger partial charge in [-0.05, 0) is 37.2 Å². The Kier molecular flexibility index (Phi) is 5.92. The Hall–Kier alpha value is -1.46. The van der Waals surface area contributed by atoms with Crippen LogP contribution < -0.4 is 10.6 Å². The van der Waals surface area contributed by atoms with Crippen molar-refractivity contribution in [2.75, 3.05) is 6.61 Å². The van der Waals surface area contributed by atoms with Crippen LogP contribution in [0, 0.1) is 0 Å². The molecular weight excluding hydrogens is 260 g/mol. The molecule has 19 heavy (non-hydrogen) atoms. The SMILES string of the molecule is CCC(CC)(CO)NC(=S)NC(=O)c1ccccc1. The second-order valence-corrected chi connectivity index (χ2v) is 4.83. The van der Waals surface area contributed by atoms with Crippen LogP contribution in [0.4, 0.5) is 0 Å². The average molecular weight is 280 g/mol. The largest absolute Gasteiger partial charge is 0.394 e. The lowest BCUT2D eigenvalue weighted by Crippen LogP contribution is -2.54. The van der Waals surface area contributed by atoms with Crippen molar-refractivity contribution >= 4 is 23.2 Å². The van der Waals surface area contributed by atoms with Crippen molar-refractivity contribution in [1.82, 2.24) is 10.6 Å². The third-order valence-electron chi connectivity index (χ3n) is 3.30. The maximum atomic E-state index is 11.9. The Labute approximate surface area is 119 Å². The van der Waals surface area contributed by atoms with Crippen LogP contribution in [0.5, 0.6) is 0 Å². The zero-order chi connectivity index (χ0) is 14.3. The molecule has 1 amide bonds. The summed E-state index contributed by atoms with van der Waals surface area (Å²) in [4.78, 5) is 11.9. The van der Waals surface area contributed by atoms with E-state index in [4.69, 9.17) is 12.2 Å². The van der Waals surface area contributed by atoms with E-state index in [9.17, 15) is 9.90 Å². The van der Waals surface area contributed by atoms with E-state index >= 15 is 0 Å². The minimum absolute atomic E-state index is 0.0264. The first-order valence-corrected chi connectivity index (χ1v) is 6.77. The van der Waals surface area contributed by atoms with Crippen molar-refractivity contribution in [2.45, 2.75) is 32.2 Å². The molecule has 0 radical (unpaired) electrons. The van der Waals surface area contributed by atoms with Gasteiger partial charge in [-0.25, -0.2) is 0 Å². The van der Waals surface area contributed by atoms with Gasteiger partial charge >= 0.3 is 0 Å². The molecule has 0 unspecified atom stereocenters. The van der Waals surface area contributed by atoms with Crippen molar-refractivity contribution < 1.29 is 9.90 Å². The fourth-order valence-corrected chi connectivity index (χ4v) is 2.04. The minimum Gasteiger partial charge on any atom is -0.394 e. The van der Waals surface area contributed by atoms with Gasteiger partial charge in [-0.3, -0.25) is 10.1 Å². The van der Waals surface area contributed by atoms with Gasteiger partial charge in [0.2, 0.25) is 0 Å². The maximum Gasteiger partial charge on any atom is 0.257 e. The molecule has 0 atom stereocenters. The Morgan fingerprint density at radius 3 is 2.32 bits per heavy atom. The van der Waals surface area contributed by atoms with Gasteiger partial charge in [0.25, 0.3) is 5.91 Å². The summed E-state index contributed by atoms with van der Waals surface area (Å²) in [5, 5.41) is 15.3. The predicted molar refractivity (Wildman–Crippen MR) is 80.0 cm³/mol. The zero-order valence-corrected chi connectivity index (χ0v) is 12.1. The van der Waals surface area contributed by atoms with E-state index in [1.54, 1.807) is 24.3 Å². The van der Waals surface area contributed by atoms with E-state index in [0.29, 0.717) is 5.56 Å². The molecule has 0 bridgehead atoms. The van der Waals surface area contributed by atoms with Gasteiger partial charge in [0.15, 0.2) is 5.11 Å². The zero-order valence-electron chi connectivity index (χ0n) is 11.3. The highest BCUT2D eigenvalue weighted by Gasteiger charge is 2.26. The number of benzene rings is 1. The molecule has 0 saturated carbocycles. The summed E-state index contributed by atoms with van der Waals surface area (Å²) in [6.45, 7) is 3.91. The minimum atomic E-state index is -0.471. The van der Waals surface area contributed by atoms with Crippen LogP contribution >= 0.6 is 12.2 Å². The lowest BCUT2D eigenvalue weighted by molar-refractivity contribution is 0.0974. The first kappa shape index (κ1) is 15.6. The molecule has 0 aliphatic carbocycles. The third kappa shape index (κ3) is 4.29. The van der Waals surface area contributed by atoms with Gasteiger partial charge in [-0.15, -0.1) is 0 Å². The molecule has 1 aromatic rings. The Balaban J connectivity index is 2.63. The summed E-state index contributed by atoms with van der Waals surface area (Å²) < 4.78 is 0. The molecule has 0 saturated heterocycles. The number of rotatable bonds is 5. The summed E-state index contributed by atoms with van der Waals surface area (Å²) in [6.07, 6.45) is 1.45. The molecule has 4 nitrogen and oxygen atoms in total. The summed E-state index contributed by atoms with van der Waals surface area (Å²) in [5.74, 6) is -0.253. The highest BCUT2D eigenvalue weighted by atomic mass is 32.1. The van der Waals surface area contributed by atoms with E-state index in [1.807, 2.05) is 19.9 Å². The molecule has 5 heteroatoms. The Morgan fingerprint density at radius 2 is 1.84 bits per heavy atom. The summed E-state index contributed by atoms with van der Waals surface area (Å²) in [5.41, 5.74) is 0.0790. The Bertz CT molecular complexity index is 422. The van der Waals surface area contributed by atoms with Gasteiger partial charge < -0.3 is 10.4 Å². The topological polar surface area (TPSA) is 61.4 Å². The molecule has 0 aliphatic rings.